The first-order chi connectivity index (χ1) is 9.17. The number of thioether (sulfide) groups is 1. The number of nitrogens with one attached hydrogen (secondary N) is 1. The number of amidine groups is 1. The van der Waals surface area contributed by atoms with Crippen LogP contribution in [0.3, 0.4) is 0 Å². The fourth-order valence-corrected chi connectivity index (χ4v) is 3.54. The number of hydrogen-bond acceptors (Lipinski definition) is 3. The van der Waals surface area contributed by atoms with Gasteiger partial charge in [0.2, 0.25) is 5.91 Å². The largest absolute Gasteiger partial charge is 0.312 e. The van der Waals surface area contributed by atoms with Gasteiger partial charge in [0.25, 0.3) is 0 Å². The highest BCUT2D eigenvalue weighted by atomic mass is 35.5. The first-order valence-electron chi connectivity index (χ1n) is 5.75. The number of rotatable bonds is 2. The Hall–Kier alpha value is -0.970. The third kappa shape index (κ3) is 2.53. The standard InChI is InChI=1S/C13H10Cl2N2OS/c14-6-11-16-9-5-10(19-12(9)13(18)17-11)7-1-3-8(15)4-2-7/h1-5,9,12H,6H2,(H,16,17,18). The summed E-state index contributed by atoms with van der Waals surface area (Å²) in [5.41, 5.74) is 1.05. The summed E-state index contributed by atoms with van der Waals surface area (Å²) in [4.78, 5) is 17.4. The van der Waals surface area contributed by atoms with Gasteiger partial charge in [-0.15, -0.1) is 23.4 Å². The lowest BCUT2D eigenvalue weighted by Crippen LogP contribution is -2.46. The zero-order valence-electron chi connectivity index (χ0n) is 9.77. The summed E-state index contributed by atoms with van der Waals surface area (Å²) >= 11 is 13.1. The highest BCUT2D eigenvalue weighted by molar-refractivity contribution is 8.09. The number of hydrogen-bond donors (Lipinski definition) is 1. The minimum absolute atomic E-state index is 0.0270. The monoisotopic (exact) mass is 312 g/mol. The average Bonchev–Trinajstić information content (AvgIpc) is 2.84. The van der Waals surface area contributed by atoms with Crippen molar-refractivity contribution in [1.82, 2.24) is 5.32 Å². The molecule has 0 saturated carbocycles. The van der Waals surface area contributed by atoms with E-state index in [9.17, 15) is 4.79 Å². The number of benzene rings is 1. The first kappa shape index (κ1) is 13.0. The number of halogens is 2. The second-order valence-electron chi connectivity index (χ2n) is 4.27. The van der Waals surface area contributed by atoms with Crippen LogP contribution in [0.25, 0.3) is 4.91 Å². The van der Waals surface area contributed by atoms with E-state index < -0.39 is 0 Å². The van der Waals surface area contributed by atoms with Crippen molar-refractivity contribution in [3.8, 4) is 0 Å². The molecular weight excluding hydrogens is 303 g/mol. The van der Waals surface area contributed by atoms with E-state index in [-0.39, 0.29) is 23.1 Å². The molecule has 0 aromatic heterocycles. The van der Waals surface area contributed by atoms with Crippen LogP contribution in [0.1, 0.15) is 5.56 Å². The Morgan fingerprint density at radius 1 is 1.32 bits per heavy atom. The maximum absolute atomic E-state index is 12.0. The molecule has 0 aliphatic carbocycles. The van der Waals surface area contributed by atoms with Crippen molar-refractivity contribution in [2.75, 3.05) is 5.88 Å². The quantitative estimate of drug-likeness (QED) is 0.853. The van der Waals surface area contributed by atoms with Crippen molar-refractivity contribution in [2.45, 2.75) is 11.3 Å². The van der Waals surface area contributed by atoms with Crippen LogP contribution < -0.4 is 5.32 Å². The molecule has 2 heterocycles. The Morgan fingerprint density at radius 2 is 2.05 bits per heavy atom. The Kier molecular flexibility index (Phi) is 3.56. The van der Waals surface area contributed by atoms with E-state index in [0.717, 1.165) is 10.5 Å². The van der Waals surface area contributed by atoms with Crippen LogP contribution in [-0.4, -0.2) is 28.9 Å². The molecule has 1 aromatic rings. The summed E-state index contributed by atoms with van der Waals surface area (Å²) in [6.07, 6.45) is 2.02. The van der Waals surface area contributed by atoms with Crippen LogP contribution in [0.2, 0.25) is 5.02 Å². The van der Waals surface area contributed by atoms with Crippen LogP contribution >= 0.6 is 35.0 Å². The minimum atomic E-state index is -0.197. The number of carbonyl (C=O) groups excluding carboxylic acids is 1. The fraction of sp³-hybridized carbons (Fsp3) is 0.231. The normalized spacial score (nSPS) is 25.5. The Balaban J connectivity index is 1.90. The SMILES string of the molecule is O=C1NC(CCl)=NC2C=C(c3ccc(Cl)cc3)SC12. The molecule has 2 aliphatic heterocycles. The Morgan fingerprint density at radius 3 is 2.74 bits per heavy atom. The van der Waals surface area contributed by atoms with Crippen LogP contribution in [0.4, 0.5) is 0 Å². The van der Waals surface area contributed by atoms with Crippen LogP contribution in [-0.2, 0) is 4.79 Å². The number of carbonyl (C=O) groups is 1. The number of amides is 1. The summed E-state index contributed by atoms with van der Waals surface area (Å²) in [5.74, 6) is 0.743. The third-order valence-electron chi connectivity index (χ3n) is 2.97. The van der Waals surface area contributed by atoms with E-state index in [1.54, 1.807) is 0 Å². The molecule has 3 nitrogen and oxygen atoms in total. The molecule has 0 fully saturated rings. The zero-order valence-corrected chi connectivity index (χ0v) is 12.1. The molecule has 2 aliphatic rings. The maximum atomic E-state index is 12.0. The first-order valence-corrected chi connectivity index (χ1v) is 7.54. The number of fused-ring (bicyclic) bond motifs is 1. The molecule has 2 unspecified atom stereocenters. The van der Waals surface area contributed by atoms with Gasteiger partial charge in [-0.05, 0) is 23.8 Å². The molecule has 0 saturated heterocycles. The van der Waals surface area contributed by atoms with E-state index in [2.05, 4.69) is 10.3 Å². The smallest absolute Gasteiger partial charge is 0.241 e. The van der Waals surface area contributed by atoms with Gasteiger partial charge >= 0.3 is 0 Å². The number of alkyl halides is 1. The predicted molar refractivity (Wildman–Crippen MR) is 80.9 cm³/mol. The predicted octanol–water partition coefficient (Wildman–Crippen LogP) is 2.93. The molecule has 0 spiro atoms. The maximum Gasteiger partial charge on any atom is 0.241 e. The van der Waals surface area contributed by atoms with E-state index in [1.807, 2.05) is 30.3 Å². The van der Waals surface area contributed by atoms with Crippen molar-refractivity contribution in [3.63, 3.8) is 0 Å². The van der Waals surface area contributed by atoms with Gasteiger partial charge in [-0.3, -0.25) is 9.79 Å². The lowest BCUT2D eigenvalue weighted by molar-refractivity contribution is -0.119. The Bertz CT molecular complexity index is 583. The van der Waals surface area contributed by atoms with E-state index in [0.29, 0.717) is 10.9 Å². The summed E-state index contributed by atoms with van der Waals surface area (Å²) in [5, 5.41) is 3.22. The fourth-order valence-electron chi connectivity index (χ4n) is 2.07. The highest BCUT2D eigenvalue weighted by Crippen LogP contribution is 2.41. The Labute approximate surface area is 125 Å². The van der Waals surface area contributed by atoms with Crippen molar-refractivity contribution in [3.05, 3.63) is 40.9 Å². The van der Waals surface area contributed by atoms with Crippen molar-refractivity contribution in [1.29, 1.82) is 0 Å². The second-order valence-corrected chi connectivity index (χ2v) is 6.15. The van der Waals surface area contributed by atoms with Crippen LogP contribution in [0, 0.1) is 0 Å². The molecule has 98 valence electrons. The molecule has 19 heavy (non-hydrogen) atoms. The molecule has 1 amide bonds. The van der Waals surface area contributed by atoms with Crippen molar-refractivity contribution >= 4 is 51.6 Å². The molecule has 6 heteroatoms. The van der Waals surface area contributed by atoms with Gasteiger partial charge in [0, 0.05) is 9.93 Å². The minimum Gasteiger partial charge on any atom is -0.312 e. The summed E-state index contributed by atoms with van der Waals surface area (Å²) in [6.45, 7) is 0. The van der Waals surface area contributed by atoms with E-state index >= 15 is 0 Å². The average molecular weight is 313 g/mol. The van der Waals surface area contributed by atoms with E-state index in [1.165, 1.54) is 11.8 Å². The molecule has 2 atom stereocenters. The lowest BCUT2D eigenvalue weighted by Gasteiger charge is -2.21. The van der Waals surface area contributed by atoms with Gasteiger partial charge in [0.05, 0.1) is 11.9 Å². The third-order valence-corrected chi connectivity index (χ3v) is 4.85. The highest BCUT2D eigenvalue weighted by Gasteiger charge is 2.37. The van der Waals surface area contributed by atoms with Crippen molar-refractivity contribution in [2.24, 2.45) is 4.99 Å². The molecule has 0 bridgehead atoms. The second kappa shape index (κ2) is 5.19. The molecule has 3 rings (SSSR count). The topological polar surface area (TPSA) is 41.5 Å². The molecule has 0 radical (unpaired) electrons. The van der Waals surface area contributed by atoms with Crippen molar-refractivity contribution < 1.29 is 4.79 Å². The van der Waals surface area contributed by atoms with Gasteiger partial charge in [0.15, 0.2) is 0 Å². The van der Waals surface area contributed by atoms with Gasteiger partial charge in [-0.1, -0.05) is 23.7 Å². The number of aliphatic imine (C=N–C) groups is 1. The summed E-state index contributed by atoms with van der Waals surface area (Å²) < 4.78 is 0. The van der Waals surface area contributed by atoms with Gasteiger partial charge in [-0.25, -0.2) is 0 Å². The zero-order chi connectivity index (χ0) is 13.4. The van der Waals surface area contributed by atoms with E-state index in [4.69, 9.17) is 23.2 Å². The van der Waals surface area contributed by atoms with Crippen LogP contribution in [0.15, 0.2) is 35.3 Å². The van der Waals surface area contributed by atoms with Gasteiger partial charge < -0.3 is 5.32 Å². The van der Waals surface area contributed by atoms with Crippen LogP contribution in [0.5, 0.6) is 0 Å². The van der Waals surface area contributed by atoms with Gasteiger partial charge in [0.1, 0.15) is 11.1 Å². The molecule has 1 N–H and O–H groups in total. The van der Waals surface area contributed by atoms with Gasteiger partial charge in [-0.2, -0.15) is 0 Å². The lowest BCUT2D eigenvalue weighted by atomic mass is 10.1. The molecular formula is C13H10Cl2N2OS. The molecule has 1 aromatic carbocycles. The summed E-state index contributed by atoms with van der Waals surface area (Å²) in [6, 6.07) is 7.45. The number of nitrogens with zero attached hydrogens (tertiary/aromatic N) is 1. The summed E-state index contributed by atoms with van der Waals surface area (Å²) in [7, 11) is 0.